The van der Waals surface area contributed by atoms with Gasteiger partial charge in [-0.05, 0) is 73.5 Å². The van der Waals surface area contributed by atoms with Crippen LogP contribution in [0.25, 0.3) is 11.1 Å². The molecule has 1 atom stereocenters. The van der Waals surface area contributed by atoms with Crippen molar-refractivity contribution in [3.63, 3.8) is 0 Å². The molecule has 3 rings (SSSR count). The maximum absolute atomic E-state index is 13.1. The molecule has 162 valence electrons. The number of rotatable bonds is 8. The van der Waals surface area contributed by atoms with Crippen LogP contribution in [-0.2, 0) is 6.42 Å². The Bertz CT molecular complexity index is 806. The summed E-state index contributed by atoms with van der Waals surface area (Å²) < 4.78 is 0. The second-order valence-corrected chi connectivity index (χ2v) is 9.15. The molecule has 0 saturated carbocycles. The number of likely N-dealkylation sites (tertiary alicyclic amines) is 1. The van der Waals surface area contributed by atoms with E-state index in [1.54, 1.807) is 0 Å². The van der Waals surface area contributed by atoms with Gasteiger partial charge < -0.3 is 10.2 Å². The Hall–Kier alpha value is -2.13. The van der Waals surface area contributed by atoms with E-state index in [-0.39, 0.29) is 11.9 Å². The Morgan fingerprint density at radius 1 is 0.967 bits per heavy atom. The van der Waals surface area contributed by atoms with Crippen molar-refractivity contribution in [2.45, 2.75) is 65.3 Å². The van der Waals surface area contributed by atoms with Gasteiger partial charge in [-0.15, -0.1) is 0 Å². The number of carbonyl (C=O) groups is 1. The molecule has 2 aromatic rings. The fourth-order valence-electron chi connectivity index (χ4n) is 4.46. The van der Waals surface area contributed by atoms with Crippen LogP contribution < -0.4 is 5.32 Å². The molecule has 0 bridgehead atoms. The number of aryl methyl sites for hydroxylation is 1. The summed E-state index contributed by atoms with van der Waals surface area (Å²) in [6.45, 7) is 9.93. The standard InChI is InChI=1S/C27H38N2O/c1-4-22-11-9-12-23(18-22)24-13-10-14-25(19-24)27(30)28-26(17-21(2)3)20-29-15-7-5-6-8-16-29/h9-14,18-19,21,26H,4-8,15-17,20H2,1-3H3,(H,28,30)/t26-/m1/s1. The SMILES string of the molecule is CCc1cccc(-c2cccc(C(=O)N[C@H](CC(C)C)CN3CCCCCC3)c2)c1. The van der Waals surface area contributed by atoms with E-state index < -0.39 is 0 Å². The van der Waals surface area contributed by atoms with Crippen LogP contribution in [0.3, 0.4) is 0 Å². The van der Waals surface area contributed by atoms with Crippen LogP contribution in [0.2, 0.25) is 0 Å². The first-order valence-electron chi connectivity index (χ1n) is 11.8. The molecular formula is C27H38N2O. The van der Waals surface area contributed by atoms with E-state index >= 15 is 0 Å². The minimum Gasteiger partial charge on any atom is -0.348 e. The molecule has 30 heavy (non-hydrogen) atoms. The Balaban J connectivity index is 1.71. The third-order valence-electron chi connectivity index (χ3n) is 6.06. The molecule has 0 aromatic heterocycles. The van der Waals surface area contributed by atoms with E-state index in [9.17, 15) is 4.79 Å². The minimum atomic E-state index is 0.0453. The van der Waals surface area contributed by atoms with Gasteiger partial charge in [0.05, 0.1) is 0 Å². The molecule has 1 aliphatic heterocycles. The number of hydrogen-bond donors (Lipinski definition) is 1. The largest absolute Gasteiger partial charge is 0.348 e. The van der Waals surface area contributed by atoms with Gasteiger partial charge in [0, 0.05) is 18.2 Å². The summed E-state index contributed by atoms with van der Waals surface area (Å²) in [6, 6.07) is 16.8. The van der Waals surface area contributed by atoms with Crippen molar-refractivity contribution in [2.24, 2.45) is 5.92 Å². The van der Waals surface area contributed by atoms with Crippen LogP contribution in [-0.4, -0.2) is 36.5 Å². The summed E-state index contributed by atoms with van der Waals surface area (Å²) in [4.78, 5) is 15.7. The van der Waals surface area contributed by atoms with Crippen molar-refractivity contribution in [1.82, 2.24) is 10.2 Å². The zero-order chi connectivity index (χ0) is 21.3. The predicted octanol–water partition coefficient (Wildman–Crippen LogP) is 5.94. The van der Waals surface area contributed by atoms with Crippen LogP contribution in [0.5, 0.6) is 0 Å². The van der Waals surface area contributed by atoms with E-state index in [1.165, 1.54) is 36.8 Å². The first-order valence-corrected chi connectivity index (χ1v) is 11.8. The highest BCUT2D eigenvalue weighted by atomic mass is 16.1. The number of benzene rings is 2. The lowest BCUT2D eigenvalue weighted by atomic mass is 9.99. The second-order valence-electron chi connectivity index (χ2n) is 9.15. The quantitative estimate of drug-likeness (QED) is 0.589. The van der Waals surface area contributed by atoms with Gasteiger partial charge in [0.2, 0.25) is 0 Å². The summed E-state index contributed by atoms with van der Waals surface area (Å²) in [5, 5.41) is 3.35. The number of nitrogens with zero attached hydrogens (tertiary/aromatic N) is 1. The zero-order valence-electron chi connectivity index (χ0n) is 19.0. The van der Waals surface area contributed by atoms with E-state index in [0.717, 1.165) is 43.6 Å². The number of amides is 1. The Morgan fingerprint density at radius 2 is 1.63 bits per heavy atom. The van der Waals surface area contributed by atoms with Crippen LogP contribution in [0.1, 0.15) is 68.8 Å². The van der Waals surface area contributed by atoms with Crippen molar-refractivity contribution in [1.29, 1.82) is 0 Å². The van der Waals surface area contributed by atoms with Gasteiger partial charge in [-0.2, -0.15) is 0 Å². The van der Waals surface area contributed by atoms with Crippen molar-refractivity contribution in [2.75, 3.05) is 19.6 Å². The van der Waals surface area contributed by atoms with E-state index in [2.05, 4.69) is 61.3 Å². The van der Waals surface area contributed by atoms with Gasteiger partial charge in [-0.1, -0.05) is 70.0 Å². The van der Waals surface area contributed by atoms with Crippen LogP contribution >= 0.6 is 0 Å². The monoisotopic (exact) mass is 406 g/mol. The molecule has 0 spiro atoms. The van der Waals surface area contributed by atoms with Gasteiger partial charge in [0.15, 0.2) is 0 Å². The topological polar surface area (TPSA) is 32.3 Å². The average molecular weight is 407 g/mol. The van der Waals surface area contributed by atoms with Crippen LogP contribution in [0, 0.1) is 5.92 Å². The summed E-state index contributed by atoms with van der Waals surface area (Å²) in [5.74, 6) is 0.606. The van der Waals surface area contributed by atoms with Crippen LogP contribution in [0.15, 0.2) is 48.5 Å². The molecule has 1 heterocycles. The van der Waals surface area contributed by atoms with Gasteiger partial charge in [0.25, 0.3) is 5.91 Å². The molecular weight excluding hydrogens is 368 g/mol. The van der Waals surface area contributed by atoms with Crippen molar-refractivity contribution < 1.29 is 4.79 Å². The lowest BCUT2D eigenvalue weighted by molar-refractivity contribution is 0.0918. The molecule has 3 nitrogen and oxygen atoms in total. The fraction of sp³-hybridized carbons (Fsp3) is 0.519. The lowest BCUT2D eigenvalue weighted by Gasteiger charge is -2.28. The number of hydrogen-bond acceptors (Lipinski definition) is 2. The third kappa shape index (κ3) is 6.70. The maximum Gasteiger partial charge on any atom is 0.251 e. The minimum absolute atomic E-state index is 0.0453. The molecule has 2 aromatic carbocycles. The van der Waals surface area contributed by atoms with Crippen LogP contribution in [0.4, 0.5) is 0 Å². The molecule has 1 fully saturated rings. The van der Waals surface area contributed by atoms with E-state index in [0.29, 0.717) is 5.92 Å². The molecule has 1 amide bonds. The van der Waals surface area contributed by atoms with Crippen molar-refractivity contribution >= 4 is 5.91 Å². The van der Waals surface area contributed by atoms with Gasteiger partial charge in [0.1, 0.15) is 0 Å². The number of nitrogens with one attached hydrogen (secondary N) is 1. The zero-order valence-corrected chi connectivity index (χ0v) is 19.0. The molecule has 0 unspecified atom stereocenters. The maximum atomic E-state index is 13.1. The Kier molecular flexibility index (Phi) is 8.50. The van der Waals surface area contributed by atoms with Crippen molar-refractivity contribution in [3.8, 4) is 11.1 Å². The normalized spacial score (nSPS) is 16.3. The predicted molar refractivity (Wildman–Crippen MR) is 127 cm³/mol. The molecule has 1 aliphatic rings. The highest BCUT2D eigenvalue weighted by Gasteiger charge is 2.20. The molecule has 0 radical (unpaired) electrons. The van der Waals surface area contributed by atoms with E-state index in [1.807, 2.05) is 18.2 Å². The third-order valence-corrected chi connectivity index (χ3v) is 6.06. The van der Waals surface area contributed by atoms with Gasteiger partial charge in [-0.3, -0.25) is 4.79 Å². The number of carbonyl (C=O) groups excluding carboxylic acids is 1. The van der Waals surface area contributed by atoms with E-state index in [4.69, 9.17) is 0 Å². The highest BCUT2D eigenvalue weighted by Crippen LogP contribution is 2.22. The lowest BCUT2D eigenvalue weighted by Crippen LogP contribution is -2.44. The Labute approximate surface area is 182 Å². The first-order chi connectivity index (χ1) is 14.5. The highest BCUT2D eigenvalue weighted by molar-refractivity contribution is 5.95. The second kappa shape index (κ2) is 11.3. The smallest absolute Gasteiger partial charge is 0.251 e. The summed E-state index contributed by atoms with van der Waals surface area (Å²) in [5.41, 5.74) is 4.34. The summed E-state index contributed by atoms with van der Waals surface area (Å²) >= 11 is 0. The molecule has 1 N–H and O–H groups in total. The van der Waals surface area contributed by atoms with Crippen molar-refractivity contribution in [3.05, 3.63) is 59.7 Å². The molecule has 1 saturated heterocycles. The molecule has 3 heteroatoms. The van der Waals surface area contributed by atoms with Gasteiger partial charge in [-0.25, -0.2) is 0 Å². The average Bonchev–Trinajstić information content (AvgIpc) is 3.02. The summed E-state index contributed by atoms with van der Waals surface area (Å²) in [6.07, 6.45) is 7.26. The summed E-state index contributed by atoms with van der Waals surface area (Å²) in [7, 11) is 0. The first kappa shape index (κ1) is 22.6. The fourth-order valence-corrected chi connectivity index (χ4v) is 4.46. The molecule has 0 aliphatic carbocycles. The van der Waals surface area contributed by atoms with Gasteiger partial charge >= 0.3 is 0 Å². The Morgan fingerprint density at radius 3 is 2.30 bits per heavy atom.